The molecule has 13 nitrogen and oxygen atoms in total. The number of carbonyl (C=O) groups excluding carboxylic acids is 2. The van der Waals surface area contributed by atoms with Crippen LogP contribution in [0, 0.1) is 26.1 Å². The van der Waals surface area contributed by atoms with Crippen LogP contribution in [0.25, 0.3) is 11.5 Å². The Morgan fingerprint density at radius 3 is 2.03 bits per heavy atom. The van der Waals surface area contributed by atoms with Gasteiger partial charge in [0.05, 0.1) is 9.85 Å². The summed E-state index contributed by atoms with van der Waals surface area (Å²) in [4.78, 5) is 42.9. The zero-order chi connectivity index (χ0) is 26.1. The Kier molecular flexibility index (Phi) is 9.09. The lowest BCUT2D eigenvalue weighted by atomic mass is 10.2. The first-order valence-electron chi connectivity index (χ1n) is 10.4. The number of aromatic nitrogens is 2. The van der Waals surface area contributed by atoms with E-state index >= 15 is 0 Å². The molecule has 0 atom stereocenters. The molecule has 0 aliphatic rings. The molecule has 0 saturated heterocycles. The molecule has 2 amide bonds. The van der Waals surface area contributed by atoms with Crippen molar-refractivity contribution in [1.29, 1.82) is 0 Å². The first-order valence-corrected chi connectivity index (χ1v) is 10.4. The number of non-ortho nitro benzene ring substituents is 2. The van der Waals surface area contributed by atoms with Crippen molar-refractivity contribution in [3.63, 3.8) is 0 Å². The summed E-state index contributed by atoms with van der Waals surface area (Å²) in [6.45, 7) is 7.22. The monoisotopic (exact) mass is 484 g/mol. The normalized spacial score (nSPS) is 10.3. The number of nitrogens with zero attached hydrogens (tertiary/aromatic N) is 4. The van der Waals surface area contributed by atoms with Crippen LogP contribution in [0.15, 0.2) is 52.9 Å². The number of nitro groups is 2. The third-order valence-corrected chi connectivity index (χ3v) is 4.38. The predicted molar refractivity (Wildman–Crippen MR) is 124 cm³/mol. The Labute approximate surface area is 199 Å². The van der Waals surface area contributed by atoms with E-state index in [0.29, 0.717) is 17.3 Å². The van der Waals surface area contributed by atoms with Crippen molar-refractivity contribution in [3.8, 4) is 11.5 Å². The van der Waals surface area contributed by atoms with Crippen molar-refractivity contribution < 1.29 is 23.9 Å². The molecule has 1 aromatic heterocycles. The SMILES string of the molecule is CC(C)C(=O)NNC(=O)c1cccc([N+](=O)[O-])c1.CC(C)c1nnc(-c2cccc([N+](=O)[O-])c2)o1. The highest BCUT2D eigenvalue weighted by Gasteiger charge is 2.15. The molecule has 0 fully saturated rings. The second-order valence-electron chi connectivity index (χ2n) is 7.81. The number of benzene rings is 2. The van der Waals surface area contributed by atoms with E-state index in [1.807, 2.05) is 13.8 Å². The Morgan fingerprint density at radius 1 is 0.886 bits per heavy atom. The lowest BCUT2D eigenvalue weighted by Crippen LogP contribution is -2.43. The van der Waals surface area contributed by atoms with Gasteiger partial charge in [-0.3, -0.25) is 40.7 Å². The van der Waals surface area contributed by atoms with Crippen molar-refractivity contribution in [2.24, 2.45) is 5.92 Å². The van der Waals surface area contributed by atoms with E-state index in [-0.39, 0.29) is 34.7 Å². The molecule has 0 unspecified atom stereocenters. The fraction of sp³-hybridized carbons (Fsp3) is 0.273. The molecular formula is C22H24N6O7. The number of hydrogen-bond acceptors (Lipinski definition) is 9. The summed E-state index contributed by atoms with van der Waals surface area (Å²) in [5, 5.41) is 28.9. The quantitative estimate of drug-likeness (QED) is 0.388. The Morgan fingerprint density at radius 2 is 1.49 bits per heavy atom. The van der Waals surface area contributed by atoms with Crippen molar-refractivity contribution in [3.05, 3.63) is 80.2 Å². The smallest absolute Gasteiger partial charge is 0.270 e. The summed E-state index contributed by atoms with van der Waals surface area (Å²) >= 11 is 0. The molecule has 2 aromatic carbocycles. The maximum absolute atomic E-state index is 11.6. The lowest BCUT2D eigenvalue weighted by molar-refractivity contribution is -0.385. The number of nitro benzene ring substituents is 2. The second-order valence-corrected chi connectivity index (χ2v) is 7.81. The Balaban J connectivity index is 0.000000247. The summed E-state index contributed by atoms with van der Waals surface area (Å²) in [5.41, 5.74) is 4.89. The summed E-state index contributed by atoms with van der Waals surface area (Å²) < 4.78 is 5.42. The van der Waals surface area contributed by atoms with Gasteiger partial charge in [-0.15, -0.1) is 10.2 Å². The summed E-state index contributed by atoms with van der Waals surface area (Å²) in [5.74, 6) is -0.254. The molecule has 13 heteroatoms. The summed E-state index contributed by atoms with van der Waals surface area (Å²) in [6.07, 6.45) is 0. The zero-order valence-corrected chi connectivity index (χ0v) is 19.4. The van der Waals surface area contributed by atoms with Gasteiger partial charge in [-0.2, -0.15) is 0 Å². The van der Waals surface area contributed by atoms with Crippen LogP contribution in [-0.2, 0) is 4.79 Å². The molecule has 0 aliphatic carbocycles. The Hall–Kier alpha value is -4.68. The van der Waals surface area contributed by atoms with Crippen LogP contribution in [0.3, 0.4) is 0 Å². The number of amides is 2. The first-order chi connectivity index (χ1) is 16.5. The molecule has 0 saturated carbocycles. The number of carbonyl (C=O) groups is 2. The largest absolute Gasteiger partial charge is 0.420 e. The first kappa shape index (κ1) is 26.6. The second kappa shape index (κ2) is 12.0. The van der Waals surface area contributed by atoms with Gasteiger partial charge >= 0.3 is 0 Å². The van der Waals surface area contributed by atoms with E-state index in [9.17, 15) is 29.8 Å². The molecule has 0 radical (unpaired) electrons. The van der Waals surface area contributed by atoms with Gasteiger partial charge in [0.2, 0.25) is 17.7 Å². The van der Waals surface area contributed by atoms with Crippen molar-refractivity contribution in [2.45, 2.75) is 33.6 Å². The maximum atomic E-state index is 11.6. The van der Waals surface area contributed by atoms with E-state index < -0.39 is 15.8 Å². The van der Waals surface area contributed by atoms with Crippen molar-refractivity contribution in [2.75, 3.05) is 0 Å². The molecule has 1 heterocycles. The van der Waals surface area contributed by atoms with Crippen LogP contribution >= 0.6 is 0 Å². The minimum absolute atomic E-state index is 0.00629. The van der Waals surface area contributed by atoms with Gasteiger partial charge in [0.25, 0.3) is 17.3 Å². The molecule has 3 rings (SSSR count). The van der Waals surface area contributed by atoms with Gasteiger partial charge in [-0.05, 0) is 12.1 Å². The zero-order valence-electron chi connectivity index (χ0n) is 19.4. The van der Waals surface area contributed by atoms with E-state index in [4.69, 9.17) is 4.42 Å². The van der Waals surface area contributed by atoms with Crippen LogP contribution in [0.4, 0.5) is 11.4 Å². The average molecular weight is 484 g/mol. The minimum Gasteiger partial charge on any atom is -0.420 e. The Bertz CT molecular complexity index is 1220. The van der Waals surface area contributed by atoms with Crippen molar-refractivity contribution >= 4 is 23.2 Å². The summed E-state index contributed by atoms with van der Waals surface area (Å²) in [7, 11) is 0. The van der Waals surface area contributed by atoms with Gasteiger partial charge < -0.3 is 4.42 Å². The van der Waals surface area contributed by atoms with E-state index in [1.54, 1.807) is 26.0 Å². The molecule has 3 aromatic rings. The van der Waals surface area contributed by atoms with Gasteiger partial charge in [-0.1, -0.05) is 39.8 Å². The highest BCUT2D eigenvalue weighted by Crippen LogP contribution is 2.24. The van der Waals surface area contributed by atoms with Gasteiger partial charge in [-0.25, -0.2) is 0 Å². The molecule has 2 N–H and O–H groups in total. The number of rotatable bonds is 6. The average Bonchev–Trinajstić information content (AvgIpc) is 3.33. The third kappa shape index (κ3) is 7.70. The predicted octanol–water partition coefficient (Wildman–Crippen LogP) is 3.78. The highest BCUT2D eigenvalue weighted by atomic mass is 16.6. The van der Waals surface area contributed by atoms with Crippen LogP contribution in [0.5, 0.6) is 0 Å². The molecular weight excluding hydrogens is 460 g/mol. The third-order valence-electron chi connectivity index (χ3n) is 4.38. The van der Waals surface area contributed by atoms with Gasteiger partial charge in [0.1, 0.15) is 0 Å². The van der Waals surface area contributed by atoms with Crippen LogP contribution < -0.4 is 10.9 Å². The van der Waals surface area contributed by atoms with Crippen LogP contribution in [0.2, 0.25) is 0 Å². The van der Waals surface area contributed by atoms with E-state index in [0.717, 1.165) is 6.07 Å². The highest BCUT2D eigenvalue weighted by molar-refractivity contribution is 5.96. The van der Waals surface area contributed by atoms with Crippen molar-refractivity contribution in [1.82, 2.24) is 21.0 Å². The summed E-state index contributed by atoms with van der Waals surface area (Å²) in [6, 6.07) is 11.4. The molecule has 0 spiro atoms. The molecule has 0 bridgehead atoms. The lowest BCUT2D eigenvalue weighted by Gasteiger charge is -2.08. The van der Waals surface area contributed by atoms with Gasteiger partial charge in [0.15, 0.2) is 0 Å². The molecule has 35 heavy (non-hydrogen) atoms. The van der Waals surface area contributed by atoms with E-state index in [2.05, 4.69) is 21.0 Å². The fourth-order valence-corrected chi connectivity index (χ4v) is 2.43. The van der Waals surface area contributed by atoms with E-state index in [1.165, 1.54) is 30.3 Å². The van der Waals surface area contributed by atoms with Gasteiger partial charge in [0, 0.05) is 47.2 Å². The van der Waals surface area contributed by atoms with Crippen LogP contribution in [0.1, 0.15) is 49.9 Å². The maximum Gasteiger partial charge on any atom is 0.270 e. The molecule has 184 valence electrons. The van der Waals surface area contributed by atoms with Crippen LogP contribution in [-0.4, -0.2) is 31.9 Å². The fourth-order valence-electron chi connectivity index (χ4n) is 2.43. The standard InChI is InChI=1S/C11H13N3O4.C11H11N3O3/c1-7(2)10(15)12-13-11(16)8-4-3-5-9(6-8)14(17)18;1-7(2)10-12-13-11(17-10)8-4-3-5-9(6-8)14(15)16/h3-7H,1-2H3,(H,12,15)(H,13,16);3-7H,1-2H3. The molecule has 0 aliphatic heterocycles. The number of nitrogens with one attached hydrogen (secondary N) is 2. The minimum atomic E-state index is -0.604. The topological polar surface area (TPSA) is 183 Å². The number of hydrazine groups is 1. The number of hydrogen-bond donors (Lipinski definition) is 2.